The molecule has 0 aromatic heterocycles. The quantitative estimate of drug-likeness (QED) is 0.882. The molecular formula is C15H18N2O. The van der Waals surface area contributed by atoms with Gasteiger partial charge in [0.15, 0.2) is 0 Å². The first-order chi connectivity index (χ1) is 8.76. The molecule has 1 amide bonds. The molecule has 0 unspecified atom stereocenters. The van der Waals surface area contributed by atoms with Crippen molar-refractivity contribution in [1.29, 1.82) is 5.26 Å². The van der Waals surface area contributed by atoms with Crippen LogP contribution >= 0.6 is 0 Å². The van der Waals surface area contributed by atoms with Gasteiger partial charge in [-0.25, -0.2) is 0 Å². The van der Waals surface area contributed by atoms with Crippen LogP contribution in [0.4, 0.5) is 0 Å². The maximum Gasteiger partial charge on any atom is 0.251 e. The molecule has 0 aliphatic heterocycles. The number of carbonyl (C=O) groups is 1. The molecule has 1 aromatic rings. The maximum absolute atomic E-state index is 12.0. The van der Waals surface area contributed by atoms with E-state index in [1.165, 1.54) is 12.8 Å². The number of nitrogens with one attached hydrogen (secondary N) is 1. The van der Waals surface area contributed by atoms with Gasteiger partial charge in [0.25, 0.3) is 5.91 Å². The largest absolute Gasteiger partial charge is 0.351 e. The molecular weight excluding hydrogens is 224 g/mol. The molecule has 0 bridgehead atoms. The second-order valence-electron chi connectivity index (χ2n) is 5.09. The van der Waals surface area contributed by atoms with Crippen LogP contribution in [0.3, 0.4) is 0 Å². The Balaban J connectivity index is 1.94. The van der Waals surface area contributed by atoms with Gasteiger partial charge in [-0.15, -0.1) is 0 Å². The normalized spacial score (nSPS) is 17.1. The van der Waals surface area contributed by atoms with E-state index in [9.17, 15) is 4.79 Å². The van der Waals surface area contributed by atoms with Crippen LogP contribution < -0.4 is 5.32 Å². The number of benzene rings is 1. The van der Waals surface area contributed by atoms with Crippen molar-refractivity contribution in [3.63, 3.8) is 0 Å². The standard InChI is InChI=1S/C15H18N2O/c16-11-10-15(8-4-5-9-15)12-17-14(18)13-6-2-1-3-7-13/h1-3,6-7H,4-5,8-10,12H2,(H,17,18). The highest BCUT2D eigenvalue weighted by Crippen LogP contribution is 2.40. The Bertz CT molecular complexity index is 441. The summed E-state index contributed by atoms with van der Waals surface area (Å²) in [5.41, 5.74) is 0.696. The third-order valence-electron chi connectivity index (χ3n) is 3.78. The van der Waals surface area contributed by atoms with Crippen molar-refractivity contribution >= 4 is 5.91 Å². The van der Waals surface area contributed by atoms with Crippen molar-refractivity contribution in [2.24, 2.45) is 5.41 Å². The maximum atomic E-state index is 12.0. The Labute approximate surface area is 108 Å². The number of nitriles is 1. The summed E-state index contributed by atoms with van der Waals surface area (Å²) in [6.45, 7) is 0.619. The van der Waals surface area contributed by atoms with Crippen molar-refractivity contribution in [3.05, 3.63) is 35.9 Å². The van der Waals surface area contributed by atoms with Crippen LogP contribution in [-0.4, -0.2) is 12.5 Å². The zero-order valence-corrected chi connectivity index (χ0v) is 10.5. The minimum atomic E-state index is -0.0418. The number of carbonyl (C=O) groups excluding carboxylic acids is 1. The fourth-order valence-corrected chi connectivity index (χ4v) is 2.67. The molecule has 18 heavy (non-hydrogen) atoms. The van der Waals surface area contributed by atoms with Gasteiger partial charge < -0.3 is 5.32 Å². The summed E-state index contributed by atoms with van der Waals surface area (Å²) < 4.78 is 0. The fraction of sp³-hybridized carbons (Fsp3) is 0.467. The molecule has 1 N–H and O–H groups in total. The predicted octanol–water partition coefficient (Wildman–Crippen LogP) is 2.89. The average Bonchev–Trinajstić information content (AvgIpc) is 2.87. The SMILES string of the molecule is N#CCC1(CNC(=O)c2ccccc2)CCCC1. The molecule has 2 rings (SSSR count). The lowest BCUT2D eigenvalue weighted by Gasteiger charge is -2.26. The molecule has 1 aliphatic carbocycles. The van der Waals surface area contributed by atoms with Crippen LogP contribution in [0.2, 0.25) is 0 Å². The minimum absolute atomic E-state index is 0.0131. The average molecular weight is 242 g/mol. The summed E-state index contributed by atoms with van der Waals surface area (Å²) in [5.74, 6) is -0.0418. The van der Waals surface area contributed by atoms with Gasteiger partial charge in [0.05, 0.1) is 6.07 Å². The molecule has 1 fully saturated rings. The van der Waals surface area contributed by atoms with E-state index < -0.39 is 0 Å². The predicted molar refractivity (Wildman–Crippen MR) is 69.9 cm³/mol. The zero-order chi connectivity index (χ0) is 12.8. The van der Waals surface area contributed by atoms with Gasteiger partial charge in [-0.05, 0) is 25.0 Å². The Morgan fingerprint density at radius 1 is 1.28 bits per heavy atom. The summed E-state index contributed by atoms with van der Waals surface area (Å²) in [5, 5.41) is 11.9. The number of nitrogens with zero attached hydrogens (tertiary/aromatic N) is 1. The molecule has 1 aromatic carbocycles. The zero-order valence-electron chi connectivity index (χ0n) is 10.5. The van der Waals surface area contributed by atoms with E-state index in [0.717, 1.165) is 12.8 Å². The van der Waals surface area contributed by atoms with Gasteiger partial charge in [-0.1, -0.05) is 31.0 Å². The number of rotatable bonds is 4. The van der Waals surface area contributed by atoms with E-state index in [2.05, 4.69) is 11.4 Å². The molecule has 0 radical (unpaired) electrons. The highest BCUT2D eigenvalue weighted by atomic mass is 16.1. The second kappa shape index (κ2) is 5.68. The Kier molecular flexibility index (Phi) is 3.99. The fourth-order valence-electron chi connectivity index (χ4n) is 2.67. The smallest absolute Gasteiger partial charge is 0.251 e. The summed E-state index contributed by atoms with van der Waals surface area (Å²) in [7, 11) is 0. The first kappa shape index (κ1) is 12.6. The molecule has 0 spiro atoms. The summed E-state index contributed by atoms with van der Waals surface area (Å²) in [6, 6.07) is 11.5. The van der Waals surface area contributed by atoms with Crippen molar-refractivity contribution < 1.29 is 4.79 Å². The van der Waals surface area contributed by atoms with Crippen molar-refractivity contribution in [2.45, 2.75) is 32.1 Å². The minimum Gasteiger partial charge on any atom is -0.351 e. The second-order valence-corrected chi connectivity index (χ2v) is 5.09. The van der Waals surface area contributed by atoms with Crippen molar-refractivity contribution in [3.8, 4) is 6.07 Å². The summed E-state index contributed by atoms with van der Waals surface area (Å²) in [4.78, 5) is 12.0. The van der Waals surface area contributed by atoms with Gasteiger partial charge in [0.1, 0.15) is 0 Å². The molecule has 0 saturated heterocycles. The topological polar surface area (TPSA) is 52.9 Å². The highest BCUT2D eigenvalue weighted by Gasteiger charge is 2.33. The van der Waals surface area contributed by atoms with Crippen LogP contribution in [0, 0.1) is 16.7 Å². The van der Waals surface area contributed by atoms with Crippen molar-refractivity contribution in [1.82, 2.24) is 5.32 Å². The van der Waals surface area contributed by atoms with E-state index in [4.69, 9.17) is 5.26 Å². The van der Waals surface area contributed by atoms with E-state index in [-0.39, 0.29) is 11.3 Å². The lowest BCUT2D eigenvalue weighted by molar-refractivity contribution is 0.0931. The Morgan fingerprint density at radius 3 is 2.56 bits per heavy atom. The van der Waals surface area contributed by atoms with Gasteiger partial charge in [0.2, 0.25) is 0 Å². The first-order valence-electron chi connectivity index (χ1n) is 6.46. The Morgan fingerprint density at radius 2 is 1.94 bits per heavy atom. The van der Waals surface area contributed by atoms with Gasteiger partial charge in [-0.2, -0.15) is 5.26 Å². The van der Waals surface area contributed by atoms with E-state index >= 15 is 0 Å². The molecule has 3 heteroatoms. The lowest BCUT2D eigenvalue weighted by Crippen LogP contribution is -2.35. The monoisotopic (exact) mass is 242 g/mol. The van der Waals surface area contributed by atoms with E-state index in [0.29, 0.717) is 18.5 Å². The van der Waals surface area contributed by atoms with Crippen LogP contribution in [-0.2, 0) is 0 Å². The van der Waals surface area contributed by atoms with Crippen LogP contribution in [0.5, 0.6) is 0 Å². The van der Waals surface area contributed by atoms with Crippen LogP contribution in [0.25, 0.3) is 0 Å². The molecule has 3 nitrogen and oxygen atoms in total. The number of hydrogen-bond donors (Lipinski definition) is 1. The van der Waals surface area contributed by atoms with Gasteiger partial charge in [-0.3, -0.25) is 4.79 Å². The first-order valence-corrected chi connectivity index (χ1v) is 6.46. The van der Waals surface area contributed by atoms with E-state index in [1.54, 1.807) is 12.1 Å². The van der Waals surface area contributed by atoms with Crippen LogP contribution in [0.15, 0.2) is 30.3 Å². The third kappa shape index (κ3) is 2.89. The summed E-state index contributed by atoms with van der Waals surface area (Å²) in [6.07, 6.45) is 4.99. The number of amides is 1. The third-order valence-corrected chi connectivity index (χ3v) is 3.78. The van der Waals surface area contributed by atoms with Gasteiger partial charge >= 0.3 is 0 Å². The highest BCUT2D eigenvalue weighted by molar-refractivity contribution is 5.94. The van der Waals surface area contributed by atoms with Crippen LogP contribution in [0.1, 0.15) is 42.5 Å². The molecule has 0 atom stereocenters. The van der Waals surface area contributed by atoms with Gasteiger partial charge in [0, 0.05) is 23.9 Å². The molecule has 1 aliphatic rings. The summed E-state index contributed by atoms with van der Waals surface area (Å²) >= 11 is 0. The molecule has 1 saturated carbocycles. The van der Waals surface area contributed by atoms with E-state index in [1.807, 2.05) is 18.2 Å². The Hall–Kier alpha value is -1.82. The molecule has 94 valence electrons. The number of hydrogen-bond acceptors (Lipinski definition) is 2. The molecule has 0 heterocycles. The van der Waals surface area contributed by atoms with Crippen molar-refractivity contribution in [2.75, 3.05) is 6.54 Å². The lowest BCUT2D eigenvalue weighted by atomic mass is 9.83.